The molecular formula is C24H16FNO5. The number of amides is 1. The number of aliphatic hydroxyl groups is 1. The number of ether oxygens (including phenoxy) is 2. The number of rotatable bonds is 3. The third-order valence-corrected chi connectivity index (χ3v) is 5.31. The fourth-order valence-corrected chi connectivity index (χ4v) is 3.85. The standard InChI is InChI=1S/C24H16FNO5/c25-16-7-9-17(10-8-16)26-21(15-6-11-18-19(12-15)31-13-30-18)20(23(28)24(26)29)22(27)14-4-2-1-3-5-14/h1-12,21,27H,13H2/b22-20+. The first-order valence-electron chi connectivity index (χ1n) is 9.56. The SMILES string of the molecule is O=C1C(=O)N(c2ccc(F)cc2)C(c2ccc3c(c2)OCO3)/C1=C(\O)c1ccccc1. The molecule has 1 amide bonds. The van der Waals surface area contributed by atoms with Crippen LogP contribution in [0.1, 0.15) is 17.2 Å². The van der Waals surface area contributed by atoms with Crippen molar-refractivity contribution in [1.82, 2.24) is 0 Å². The molecule has 3 aromatic carbocycles. The molecule has 5 rings (SSSR count). The lowest BCUT2D eigenvalue weighted by Crippen LogP contribution is -2.29. The summed E-state index contributed by atoms with van der Waals surface area (Å²) in [5.74, 6) is -1.37. The van der Waals surface area contributed by atoms with Gasteiger partial charge in [0.05, 0.1) is 11.6 Å². The van der Waals surface area contributed by atoms with Crippen molar-refractivity contribution in [3.63, 3.8) is 0 Å². The molecule has 31 heavy (non-hydrogen) atoms. The lowest BCUT2D eigenvalue weighted by Gasteiger charge is -2.25. The number of hydrogen-bond donors (Lipinski definition) is 1. The quantitative estimate of drug-likeness (QED) is 0.393. The minimum absolute atomic E-state index is 0.0561. The van der Waals surface area contributed by atoms with Crippen LogP contribution < -0.4 is 14.4 Å². The van der Waals surface area contributed by atoms with Gasteiger partial charge in [-0.25, -0.2) is 4.39 Å². The van der Waals surface area contributed by atoms with Gasteiger partial charge in [-0.3, -0.25) is 14.5 Å². The molecule has 0 spiro atoms. The number of benzene rings is 3. The first-order chi connectivity index (χ1) is 15.0. The Morgan fingerprint density at radius 3 is 2.39 bits per heavy atom. The Labute approximate surface area is 176 Å². The van der Waals surface area contributed by atoms with E-state index in [2.05, 4.69) is 0 Å². The van der Waals surface area contributed by atoms with Crippen molar-refractivity contribution in [3.8, 4) is 11.5 Å². The van der Waals surface area contributed by atoms with E-state index in [9.17, 15) is 19.1 Å². The van der Waals surface area contributed by atoms with E-state index in [4.69, 9.17) is 9.47 Å². The molecule has 0 aliphatic carbocycles. The second kappa shape index (κ2) is 7.28. The van der Waals surface area contributed by atoms with Gasteiger partial charge in [-0.2, -0.15) is 0 Å². The normalized spacial score (nSPS) is 19.1. The summed E-state index contributed by atoms with van der Waals surface area (Å²) < 4.78 is 24.3. The Bertz CT molecular complexity index is 1220. The third kappa shape index (κ3) is 3.11. The molecule has 2 aliphatic heterocycles. The number of fused-ring (bicyclic) bond motifs is 1. The van der Waals surface area contributed by atoms with E-state index in [0.717, 1.165) is 0 Å². The number of anilines is 1. The fourth-order valence-electron chi connectivity index (χ4n) is 3.85. The highest BCUT2D eigenvalue weighted by atomic mass is 19.1. The summed E-state index contributed by atoms with van der Waals surface area (Å²) in [5, 5.41) is 11.0. The maximum atomic E-state index is 13.5. The summed E-state index contributed by atoms with van der Waals surface area (Å²) in [5.41, 5.74) is 1.23. The number of hydrogen-bond acceptors (Lipinski definition) is 5. The minimum atomic E-state index is -0.930. The number of aliphatic hydroxyl groups excluding tert-OH is 1. The molecule has 2 aliphatic rings. The Kier molecular flexibility index (Phi) is 4.43. The highest BCUT2D eigenvalue weighted by Gasteiger charge is 2.47. The van der Waals surface area contributed by atoms with Crippen LogP contribution in [-0.4, -0.2) is 23.6 Å². The Hall–Kier alpha value is -4.13. The van der Waals surface area contributed by atoms with Crippen LogP contribution >= 0.6 is 0 Å². The Morgan fingerprint density at radius 2 is 1.65 bits per heavy atom. The summed E-state index contributed by atoms with van der Waals surface area (Å²) in [6.07, 6.45) is 0. The highest BCUT2D eigenvalue weighted by molar-refractivity contribution is 6.51. The zero-order chi connectivity index (χ0) is 21.5. The van der Waals surface area contributed by atoms with Crippen LogP contribution in [0, 0.1) is 5.82 Å². The van der Waals surface area contributed by atoms with E-state index >= 15 is 0 Å². The molecule has 6 nitrogen and oxygen atoms in total. The molecule has 3 aromatic rings. The van der Waals surface area contributed by atoms with Crippen LogP contribution in [0.3, 0.4) is 0 Å². The van der Waals surface area contributed by atoms with Gasteiger partial charge in [0.1, 0.15) is 11.6 Å². The molecule has 1 fully saturated rings. The van der Waals surface area contributed by atoms with Gasteiger partial charge in [0, 0.05) is 11.3 Å². The smallest absolute Gasteiger partial charge is 0.300 e. The van der Waals surface area contributed by atoms with E-state index in [1.165, 1.54) is 29.2 Å². The number of Topliss-reactive ketones (excluding diaryl/α,β-unsaturated/α-hetero) is 1. The zero-order valence-electron chi connectivity index (χ0n) is 16.1. The van der Waals surface area contributed by atoms with Gasteiger partial charge in [0.2, 0.25) is 6.79 Å². The Morgan fingerprint density at radius 1 is 0.935 bits per heavy atom. The van der Waals surface area contributed by atoms with Gasteiger partial charge < -0.3 is 14.6 Å². The average molecular weight is 417 g/mol. The second-order valence-corrected chi connectivity index (χ2v) is 7.12. The molecule has 1 atom stereocenters. The van der Waals surface area contributed by atoms with Crippen molar-refractivity contribution in [2.45, 2.75) is 6.04 Å². The predicted octanol–water partition coefficient (Wildman–Crippen LogP) is 4.18. The molecule has 0 aromatic heterocycles. The van der Waals surface area contributed by atoms with Gasteiger partial charge in [-0.15, -0.1) is 0 Å². The van der Waals surface area contributed by atoms with Crippen LogP contribution in [0.25, 0.3) is 5.76 Å². The fraction of sp³-hybridized carbons (Fsp3) is 0.0833. The number of carbonyl (C=O) groups excluding carboxylic acids is 2. The molecule has 1 saturated heterocycles. The summed E-state index contributed by atoms with van der Waals surface area (Å²) >= 11 is 0. The van der Waals surface area contributed by atoms with Crippen molar-refractivity contribution in [3.05, 3.63) is 95.3 Å². The number of nitrogens with zero attached hydrogens (tertiary/aromatic N) is 1. The van der Waals surface area contributed by atoms with Gasteiger partial charge in [-0.05, 0) is 42.0 Å². The summed E-state index contributed by atoms with van der Waals surface area (Å²) in [6.45, 7) is 0.0704. The van der Waals surface area contributed by atoms with Crippen molar-refractivity contribution in [1.29, 1.82) is 0 Å². The summed E-state index contributed by atoms with van der Waals surface area (Å²) in [6, 6.07) is 17.9. The minimum Gasteiger partial charge on any atom is -0.507 e. The summed E-state index contributed by atoms with van der Waals surface area (Å²) in [4.78, 5) is 27.3. The third-order valence-electron chi connectivity index (χ3n) is 5.31. The predicted molar refractivity (Wildman–Crippen MR) is 110 cm³/mol. The van der Waals surface area contributed by atoms with Gasteiger partial charge in [0.15, 0.2) is 11.5 Å². The van der Waals surface area contributed by atoms with Crippen LogP contribution in [0.15, 0.2) is 78.4 Å². The number of carbonyl (C=O) groups is 2. The van der Waals surface area contributed by atoms with Crippen LogP contribution in [0.2, 0.25) is 0 Å². The lowest BCUT2D eigenvalue weighted by atomic mass is 9.95. The molecular weight excluding hydrogens is 401 g/mol. The zero-order valence-corrected chi connectivity index (χ0v) is 16.1. The molecule has 0 bridgehead atoms. The van der Waals surface area contributed by atoms with Gasteiger partial charge in [-0.1, -0.05) is 36.4 Å². The molecule has 1 unspecified atom stereocenters. The van der Waals surface area contributed by atoms with E-state index in [1.807, 2.05) is 0 Å². The highest BCUT2D eigenvalue weighted by Crippen LogP contribution is 2.44. The average Bonchev–Trinajstić information content (AvgIpc) is 3.37. The topological polar surface area (TPSA) is 76.1 Å². The second-order valence-electron chi connectivity index (χ2n) is 7.12. The monoisotopic (exact) mass is 417 g/mol. The van der Waals surface area contributed by atoms with Gasteiger partial charge >= 0.3 is 0 Å². The van der Waals surface area contributed by atoms with Crippen LogP contribution in [0.4, 0.5) is 10.1 Å². The molecule has 7 heteroatoms. The molecule has 1 N–H and O–H groups in total. The summed E-state index contributed by atoms with van der Waals surface area (Å²) in [7, 11) is 0. The first kappa shape index (κ1) is 18.9. The largest absolute Gasteiger partial charge is 0.507 e. The maximum absolute atomic E-state index is 13.5. The van der Waals surface area contributed by atoms with Crippen molar-refractivity contribution < 1.29 is 28.6 Å². The number of halogens is 1. The first-order valence-corrected chi connectivity index (χ1v) is 9.56. The molecule has 0 saturated carbocycles. The van der Waals surface area contributed by atoms with E-state index in [-0.39, 0.29) is 18.1 Å². The number of ketones is 1. The van der Waals surface area contributed by atoms with Crippen LogP contribution in [0.5, 0.6) is 11.5 Å². The maximum Gasteiger partial charge on any atom is 0.300 e. The van der Waals surface area contributed by atoms with Gasteiger partial charge in [0.25, 0.3) is 11.7 Å². The van der Waals surface area contributed by atoms with E-state index in [1.54, 1.807) is 48.5 Å². The Balaban J connectivity index is 1.72. The van der Waals surface area contributed by atoms with Crippen molar-refractivity contribution >= 4 is 23.1 Å². The molecule has 2 heterocycles. The van der Waals surface area contributed by atoms with Crippen molar-refractivity contribution in [2.24, 2.45) is 0 Å². The van der Waals surface area contributed by atoms with E-state index < -0.39 is 23.5 Å². The lowest BCUT2D eigenvalue weighted by molar-refractivity contribution is -0.132. The molecule has 154 valence electrons. The van der Waals surface area contributed by atoms with E-state index in [0.29, 0.717) is 28.3 Å². The molecule has 0 radical (unpaired) electrons. The van der Waals surface area contributed by atoms with Crippen LogP contribution in [-0.2, 0) is 9.59 Å². The van der Waals surface area contributed by atoms with Crippen molar-refractivity contribution in [2.75, 3.05) is 11.7 Å².